The number of aromatic nitrogens is 2. The topological polar surface area (TPSA) is 73.1 Å². The number of rotatable bonds is 8. The van der Waals surface area contributed by atoms with Gasteiger partial charge in [-0.15, -0.1) is 24.8 Å². The summed E-state index contributed by atoms with van der Waals surface area (Å²) in [6.07, 6.45) is 1.54. The summed E-state index contributed by atoms with van der Waals surface area (Å²) >= 11 is 0. The van der Waals surface area contributed by atoms with E-state index in [9.17, 15) is 0 Å². The summed E-state index contributed by atoms with van der Waals surface area (Å²) in [6, 6.07) is 16.2. The molecule has 27 heavy (non-hydrogen) atoms. The molecule has 0 aliphatic carbocycles. The summed E-state index contributed by atoms with van der Waals surface area (Å²) in [5.74, 6) is 2.59. The monoisotopic (exact) mass is 408 g/mol. The molecule has 1 aromatic heterocycles. The van der Waals surface area contributed by atoms with Crippen molar-refractivity contribution in [1.82, 2.24) is 9.97 Å². The lowest BCUT2D eigenvalue weighted by atomic mass is 10.1. The molecule has 3 N–H and O–H groups in total. The van der Waals surface area contributed by atoms with Crippen molar-refractivity contribution in [1.29, 1.82) is 0 Å². The third-order valence-corrected chi connectivity index (χ3v) is 3.98. The van der Waals surface area contributed by atoms with E-state index in [2.05, 4.69) is 21.4 Å². The molecule has 0 fully saturated rings. The summed E-state index contributed by atoms with van der Waals surface area (Å²) in [5, 5.41) is 4.49. The van der Waals surface area contributed by atoms with E-state index in [0.717, 1.165) is 41.3 Å². The Hall–Kier alpha value is -2.08. The van der Waals surface area contributed by atoms with Gasteiger partial charge in [-0.25, -0.2) is 9.97 Å². The number of hydrogen-bond donors (Lipinski definition) is 2. The van der Waals surface area contributed by atoms with Crippen molar-refractivity contribution < 1.29 is 4.74 Å². The van der Waals surface area contributed by atoms with Crippen LogP contribution in [0.5, 0.6) is 5.75 Å². The minimum Gasteiger partial charge on any atom is -0.494 e. The van der Waals surface area contributed by atoms with Crippen LogP contribution < -0.4 is 15.8 Å². The maximum atomic E-state index is 5.69. The molecule has 0 atom stereocenters. The predicted octanol–water partition coefficient (Wildman–Crippen LogP) is 4.03. The predicted molar refractivity (Wildman–Crippen MR) is 117 cm³/mol. The molecular weight excluding hydrogens is 383 g/mol. The van der Waals surface area contributed by atoms with Crippen molar-refractivity contribution in [2.24, 2.45) is 5.73 Å². The highest BCUT2D eigenvalue weighted by atomic mass is 35.5. The van der Waals surface area contributed by atoms with Gasteiger partial charge >= 0.3 is 0 Å². The highest BCUT2D eigenvalue weighted by molar-refractivity contribution is 5.89. The summed E-state index contributed by atoms with van der Waals surface area (Å²) in [5.41, 5.74) is 7.80. The van der Waals surface area contributed by atoms with Gasteiger partial charge in [0.05, 0.1) is 12.1 Å². The third-order valence-electron chi connectivity index (χ3n) is 3.98. The van der Waals surface area contributed by atoms with Crippen LogP contribution in [-0.4, -0.2) is 29.7 Å². The average molecular weight is 409 g/mol. The molecule has 2 aromatic carbocycles. The first-order valence-corrected chi connectivity index (χ1v) is 8.72. The summed E-state index contributed by atoms with van der Waals surface area (Å²) < 4.78 is 5.69. The molecule has 0 radical (unpaired) electrons. The van der Waals surface area contributed by atoms with Crippen LogP contribution in [0.3, 0.4) is 0 Å². The fraction of sp³-hybridized carbons (Fsp3) is 0.300. The van der Waals surface area contributed by atoms with Crippen molar-refractivity contribution in [3.63, 3.8) is 0 Å². The SMILES string of the molecule is CCOc1ccccc1CCNc1nc(CCN)nc2ccccc12.Cl.Cl. The van der Waals surface area contributed by atoms with Gasteiger partial charge in [0.1, 0.15) is 17.4 Å². The van der Waals surface area contributed by atoms with E-state index >= 15 is 0 Å². The van der Waals surface area contributed by atoms with Crippen LogP contribution in [0, 0.1) is 0 Å². The zero-order valence-corrected chi connectivity index (χ0v) is 17.0. The number of nitrogens with zero attached hydrogens (tertiary/aromatic N) is 2. The first-order valence-electron chi connectivity index (χ1n) is 8.72. The molecule has 7 heteroatoms. The second kappa shape index (κ2) is 11.6. The second-order valence-electron chi connectivity index (χ2n) is 5.76. The second-order valence-corrected chi connectivity index (χ2v) is 5.76. The van der Waals surface area contributed by atoms with E-state index in [1.807, 2.05) is 49.4 Å². The Morgan fingerprint density at radius 3 is 2.48 bits per heavy atom. The standard InChI is InChI=1S/C20H24N4O.2ClH/c1-2-25-18-10-6-3-7-15(18)12-14-22-20-16-8-4-5-9-17(16)23-19(24-20)11-13-21;;/h3-10H,2,11-14,21H2,1H3,(H,22,23,24);2*1H. The lowest BCUT2D eigenvalue weighted by molar-refractivity contribution is 0.336. The largest absolute Gasteiger partial charge is 0.494 e. The van der Waals surface area contributed by atoms with Crippen LogP contribution in [0.4, 0.5) is 5.82 Å². The van der Waals surface area contributed by atoms with Gasteiger partial charge in [-0.2, -0.15) is 0 Å². The van der Waals surface area contributed by atoms with E-state index in [1.54, 1.807) is 0 Å². The van der Waals surface area contributed by atoms with Gasteiger partial charge in [-0.1, -0.05) is 30.3 Å². The van der Waals surface area contributed by atoms with Gasteiger partial charge in [-0.05, 0) is 43.7 Å². The smallest absolute Gasteiger partial charge is 0.137 e. The molecule has 0 saturated carbocycles. The van der Waals surface area contributed by atoms with Crippen LogP contribution in [0.1, 0.15) is 18.3 Å². The zero-order chi connectivity index (χ0) is 17.5. The lowest BCUT2D eigenvalue weighted by Gasteiger charge is -2.12. The molecule has 146 valence electrons. The summed E-state index contributed by atoms with van der Waals surface area (Å²) in [6.45, 7) is 3.98. The number of ether oxygens (including phenoxy) is 1. The highest BCUT2D eigenvalue weighted by Crippen LogP contribution is 2.22. The van der Waals surface area contributed by atoms with Crippen molar-refractivity contribution in [3.8, 4) is 5.75 Å². The van der Waals surface area contributed by atoms with E-state index in [4.69, 9.17) is 10.5 Å². The van der Waals surface area contributed by atoms with Crippen molar-refractivity contribution in [2.45, 2.75) is 19.8 Å². The van der Waals surface area contributed by atoms with Gasteiger partial charge in [0.25, 0.3) is 0 Å². The van der Waals surface area contributed by atoms with Gasteiger partial charge in [0.15, 0.2) is 0 Å². The summed E-state index contributed by atoms with van der Waals surface area (Å²) in [4.78, 5) is 9.23. The minimum absolute atomic E-state index is 0. The quantitative estimate of drug-likeness (QED) is 0.588. The Labute approximate surface area is 172 Å². The van der Waals surface area contributed by atoms with Gasteiger partial charge in [0, 0.05) is 18.4 Å². The van der Waals surface area contributed by atoms with Gasteiger partial charge in [0.2, 0.25) is 0 Å². The van der Waals surface area contributed by atoms with Crippen molar-refractivity contribution in [3.05, 3.63) is 59.9 Å². The van der Waals surface area contributed by atoms with Crippen LogP contribution in [0.2, 0.25) is 0 Å². The Kier molecular flexibility index (Phi) is 9.86. The van der Waals surface area contributed by atoms with Crippen LogP contribution in [0.25, 0.3) is 10.9 Å². The fourth-order valence-corrected chi connectivity index (χ4v) is 2.82. The maximum absolute atomic E-state index is 5.69. The molecule has 0 spiro atoms. The Morgan fingerprint density at radius 2 is 1.70 bits per heavy atom. The first-order chi connectivity index (χ1) is 12.3. The fourth-order valence-electron chi connectivity index (χ4n) is 2.82. The van der Waals surface area contributed by atoms with E-state index < -0.39 is 0 Å². The van der Waals surface area contributed by atoms with Crippen LogP contribution in [0.15, 0.2) is 48.5 Å². The molecule has 0 saturated heterocycles. The van der Waals surface area contributed by atoms with Crippen LogP contribution >= 0.6 is 24.8 Å². The highest BCUT2D eigenvalue weighted by Gasteiger charge is 2.08. The van der Waals surface area contributed by atoms with E-state index in [0.29, 0.717) is 19.6 Å². The number of hydrogen-bond acceptors (Lipinski definition) is 5. The van der Waals surface area contributed by atoms with E-state index in [1.165, 1.54) is 5.56 Å². The molecule has 0 unspecified atom stereocenters. The molecule has 5 nitrogen and oxygen atoms in total. The van der Waals surface area contributed by atoms with Crippen molar-refractivity contribution >= 4 is 41.5 Å². The molecule has 0 aliphatic rings. The number of fused-ring (bicyclic) bond motifs is 1. The Balaban J connectivity index is 0.00000182. The summed E-state index contributed by atoms with van der Waals surface area (Å²) in [7, 11) is 0. The lowest BCUT2D eigenvalue weighted by Crippen LogP contribution is -2.12. The molecule has 3 aromatic rings. The van der Waals surface area contributed by atoms with Gasteiger partial charge < -0.3 is 15.8 Å². The normalized spacial score (nSPS) is 10.0. The molecule has 1 heterocycles. The number of nitrogens with two attached hydrogens (primary N) is 1. The number of para-hydroxylation sites is 2. The maximum Gasteiger partial charge on any atom is 0.137 e. The van der Waals surface area contributed by atoms with E-state index in [-0.39, 0.29) is 24.8 Å². The average Bonchev–Trinajstić information content (AvgIpc) is 2.63. The van der Waals surface area contributed by atoms with Crippen LogP contribution in [-0.2, 0) is 12.8 Å². The molecule has 0 amide bonds. The van der Waals surface area contributed by atoms with Gasteiger partial charge in [-0.3, -0.25) is 0 Å². The number of nitrogens with one attached hydrogen (secondary N) is 1. The molecular formula is C20H26Cl2N4O. The molecule has 0 bridgehead atoms. The number of anilines is 1. The molecule has 3 rings (SSSR count). The zero-order valence-electron chi connectivity index (χ0n) is 15.4. The number of halogens is 2. The minimum atomic E-state index is 0. The Bertz CT molecular complexity index is 845. The molecule has 0 aliphatic heterocycles. The number of benzene rings is 2. The first kappa shape index (κ1) is 23.0. The third kappa shape index (κ3) is 5.96. The Morgan fingerprint density at radius 1 is 0.963 bits per heavy atom. The van der Waals surface area contributed by atoms with Crippen molar-refractivity contribution in [2.75, 3.05) is 25.0 Å².